The smallest absolute Gasteiger partial charge is 0.0297 e. The van der Waals surface area contributed by atoms with Crippen molar-refractivity contribution in [2.24, 2.45) is 11.7 Å². The SMILES string of the molecule is CC(C)c1ccc(C(N)CC2CCC2)cc1. The number of nitrogens with two attached hydrogens (primary N) is 1. The zero-order valence-corrected chi connectivity index (χ0v) is 10.4. The van der Waals surface area contributed by atoms with E-state index < -0.39 is 0 Å². The Kier molecular flexibility index (Phi) is 3.65. The molecule has 2 rings (SSSR count). The van der Waals surface area contributed by atoms with Crippen LogP contribution < -0.4 is 5.73 Å². The second-order valence-electron chi connectivity index (χ2n) is 5.46. The van der Waals surface area contributed by atoms with Crippen LogP contribution in [0.15, 0.2) is 24.3 Å². The van der Waals surface area contributed by atoms with Crippen LogP contribution in [0.3, 0.4) is 0 Å². The van der Waals surface area contributed by atoms with Crippen molar-refractivity contribution in [3.05, 3.63) is 35.4 Å². The largest absolute Gasteiger partial charge is 0.324 e. The van der Waals surface area contributed by atoms with E-state index in [9.17, 15) is 0 Å². The van der Waals surface area contributed by atoms with Crippen molar-refractivity contribution in [2.45, 2.75) is 51.5 Å². The van der Waals surface area contributed by atoms with E-state index in [0.29, 0.717) is 5.92 Å². The molecule has 0 radical (unpaired) electrons. The molecule has 1 atom stereocenters. The number of rotatable bonds is 4. The molecule has 1 aromatic carbocycles. The van der Waals surface area contributed by atoms with Gasteiger partial charge in [0.1, 0.15) is 0 Å². The highest BCUT2D eigenvalue weighted by Gasteiger charge is 2.20. The van der Waals surface area contributed by atoms with Gasteiger partial charge in [0, 0.05) is 6.04 Å². The normalized spacial score (nSPS) is 18.5. The van der Waals surface area contributed by atoms with Gasteiger partial charge in [-0.05, 0) is 29.4 Å². The fourth-order valence-electron chi connectivity index (χ4n) is 2.35. The van der Waals surface area contributed by atoms with E-state index in [0.717, 1.165) is 5.92 Å². The molecule has 16 heavy (non-hydrogen) atoms. The van der Waals surface area contributed by atoms with Gasteiger partial charge in [0.05, 0.1) is 0 Å². The van der Waals surface area contributed by atoms with Crippen LogP contribution in [0.2, 0.25) is 0 Å². The van der Waals surface area contributed by atoms with Crippen LogP contribution >= 0.6 is 0 Å². The maximum absolute atomic E-state index is 6.23. The summed E-state index contributed by atoms with van der Waals surface area (Å²) in [6.45, 7) is 4.45. The van der Waals surface area contributed by atoms with Gasteiger partial charge in [-0.3, -0.25) is 0 Å². The summed E-state index contributed by atoms with van der Waals surface area (Å²) in [7, 11) is 0. The molecule has 1 heteroatoms. The predicted octanol–water partition coefficient (Wildman–Crippen LogP) is 4.00. The van der Waals surface area contributed by atoms with E-state index in [1.807, 2.05) is 0 Å². The summed E-state index contributed by atoms with van der Waals surface area (Å²) in [4.78, 5) is 0. The molecular formula is C15H23N. The Morgan fingerprint density at radius 3 is 2.12 bits per heavy atom. The number of hydrogen-bond acceptors (Lipinski definition) is 1. The van der Waals surface area contributed by atoms with Crippen molar-refractivity contribution in [1.82, 2.24) is 0 Å². The summed E-state index contributed by atoms with van der Waals surface area (Å²) in [6.07, 6.45) is 5.35. The first-order chi connectivity index (χ1) is 7.66. The lowest BCUT2D eigenvalue weighted by molar-refractivity contribution is 0.277. The van der Waals surface area contributed by atoms with Gasteiger partial charge in [0.15, 0.2) is 0 Å². The lowest BCUT2D eigenvalue weighted by atomic mass is 9.80. The average molecular weight is 217 g/mol. The van der Waals surface area contributed by atoms with Gasteiger partial charge in [0.25, 0.3) is 0 Å². The minimum Gasteiger partial charge on any atom is -0.324 e. The highest BCUT2D eigenvalue weighted by Crippen LogP contribution is 2.33. The molecule has 0 saturated heterocycles. The van der Waals surface area contributed by atoms with Gasteiger partial charge in [-0.1, -0.05) is 57.4 Å². The van der Waals surface area contributed by atoms with Gasteiger partial charge < -0.3 is 5.73 Å². The molecule has 1 aliphatic rings. The van der Waals surface area contributed by atoms with Crippen LogP contribution in [0.25, 0.3) is 0 Å². The maximum atomic E-state index is 6.23. The first kappa shape index (κ1) is 11.7. The van der Waals surface area contributed by atoms with Crippen LogP contribution in [0.1, 0.15) is 62.6 Å². The van der Waals surface area contributed by atoms with Gasteiger partial charge in [-0.2, -0.15) is 0 Å². The molecule has 2 N–H and O–H groups in total. The summed E-state index contributed by atoms with van der Waals surface area (Å²) in [5.74, 6) is 1.50. The molecule has 0 heterocycles. The van der Waals surface area contributed by atoms with Crippen LogP contribution in [-0.4, -0.2) is 0 Å². The maximum Gasteiger partial charge on any atom is 0.0297 e. The van der Waals surface area contributed by atoms with Gasteiger partial charge in [0.2, 0.25) is 0 Å². The Hall–Kier alpha value is -0.820. The van der Waals surface area contributed by atoms with E-state index in [2.05, 4.69) is 38.1 Å². The fourth-order valence-corrected chi connectivity index (χ4v) is 2.35. The third-order valence-corrected chi connectivity index (χ3v) is 3.84. The van der Waals surface area contributed by atoms with Gasteiger partial charge in [-0.15, -0.1) is 0 Å². The zero-order chi connectivity index (χ0) is 11.5. The van der Waals surface area contributed by atoms with Crippen molar-refractivity contribution >= 4 is 0 Å². The Morgan fingerprint density at radius 1 is 1.12 bits per heavy atom. The molecule has 1 aliphatic carbocycles. The molecule has 0 spiro atoms. The molecule has 1 nitrogen and oxygen atoms in total. The Labute approximate surface area is 99.0 Å². The molecule has 1 fully saturated rings. The first-order valence-corrected chi connectivity index (χ1v) is 6.52. The average Bonchev–Trinajstić information content (AvgIpc) is 2.23. The second kappa shape index (κ2) is 5.01. The van der Waals surface area contributed by atoms with Crippen molar-refractivity contribution < 1.29 is 0 Å². The van der Waals surface area contributed by atoms with Crippen LogP contribution in [0.4, 0.5) is 0 Å². The van der Waals surface area contributed by atoms with E-state index in [1.165, 1.54) is 36.8 Å². The molecule has 88 valence electrons. The predicted molar refractivity (Wildman–Crippen MR) is 69.4 cm³/mol. The molecule has 0 bridgehead atoms. The second-order valence-corrected chi connectivity index (χ2v) is 5.46. The zero-order valence-electron chi connectivity index (χ0n) is 10.4. The van der Waals surface area contributed by atoms with Gasteiger partial charge in [-0.25, -0.2) is 0 Å². The first-order valence-electron chi connectivity index (χ1n) is 6.52. The summed E-state index contributed by atoms with van der Waals surface area (Å²) in [5.41, 5.74) is 8.94. The summed E-state index contributed by atoms with van der Waals surface area (Å²) in [6, 6.07) is 9.10. The molecule has 1 saturated carbocycles. The monoisotopic (exact) mass is 217 g/mol. The van der Waals surface area contributed by atoms with E-state index in [4.69, 9.17) is 5.73 Å². The minimum atomic E-state index is 0.242. The quantitative estimate of drug-likeness (QED) is 0.810. The van der Waals surface area contributed by atoms with Crippen molar-refractivity contribution in [3.8, 4) is 0 Å². The highest BCUT2D eigenvalue weighted by molar-refractivity contribution is 5.26. The molecular weight excluding hydrogens is 194 g/mol. The molecule has 0 amide bonds. The molecule has 0 aliphatic heterocycles. The fraction of sp³-hybridized carbons (Fsp3) is 0.600. The van der Waals surface area contributed by atoms with Crippen molar-refractivity contribution in [3.63, 3.8) is 0 Å². The topological polar surface area (TPSA) is 26.0 Å². The Balaban J connectivity index is 1.97. The highest BCUT2D eigenvalue weighted by atomic mass is 14.6. The lowest BCUT2D eigenvalue weighted by Gasteiger charge is -2.28. The van der Waals surface area contributed by atoms with Crippen LogP contribution in [-0.2, 0) is 0 Å². The minimum absolute atomic E-state index is 0.242. The number of hydrogen-bond donors (Lipinski definition) is 1. The van der Waals surface area contributed by atoms with E-state index >= 15 is 0 Å². The van der Waals surface area contributed by atoms with E-state index in [1.54, 1.807) is 0 Å². The Morgan fingerprint density at radius 2 is 1.69 bits per heavy atom. The van der Waals surface area contributed by atoms with E-state index in [-0.39, 0.29) is 6.04 Å². The van der Waals surface area contributed by atoms with Crippen molar-refractivity contribution in [1.29, 1.82) is 0 Å². The lowest BCUT2D eigenvalue weighted by Crippen LogP contribution is -2.20. The Bertz CT molecular complexity index is 322. The number of benzene rings is 1. The third kappa shape index (κ3) is 2.65. The molecule has 1 unspecified atom stereocenters. The molecule has 0 aromatic heterocycles. The summed E-state index contributed by atoms with van der Waals surface area (Å²) < 4.78 is 0. The standard InChI is InChI=1S/C15H23N/c1-11(2)13-6-8-14(9-7-13)15(16)10-12-4-3-5-12/h6-9,11-12,15H,3-5,10,16H2,1-2H3. The summed E-state index contributed by atoms with van der Waals surface area (Å²) >= 11 is 0. The van der Waals surface area contributed by atoms with Crippen LogP contribution in [0, 0.1) is 5.92 Å². The van der Waals surface area contributed by atoms with Gasteiger partial charge >= 0.3 is 0 Å². The van der Waals surface area contributed by atoms with Crippen molar-refractivity contribution in [2.75, 3.05) is 0 Å². The third-order valence-electron chi connectivity index (χ3n) is 3.84. The van der Waals surface area contributed by atoms with Crippen LogP contribution in [0.5, 0.6) is 0 Å². The summed E-state index contributed by atoms with van der Waals surface area (Å²) in [5, 5.41) is 0. The molecule has 1 aromatic rings.